The third-order valence-electron chi connectivity index (χ3n) is 3.43. The lowest BCUT2D eigenvalue weighted by molar-refractivity contribution is 0.0895. The molecule has 1 fully saturated rings. The maximum atomic E-state index is 11.5. The van der Waals surface area contributed by atoms with Crippen molar-refractivity contribution in [3.63, 3.8) is 0 Å². The van der Waals surface area contributed by atoms with E-state index in [9.17, 15) is 8.42 Å². The van der Waals surface area contributed by atoms with Crippen LogP contribution < -0.4 is 5.32 Å². The van der Waals surface area contributed by atoms with E-state index in [1.54, 1.807) is 0 Å². The van der Waals surface area contributed by atoms with Crippen LogP contribution in [0.3, 0.4) is 0 Å². The molecule has 0 radical (unpaired) electrons. The lowest BCUT2D eigenvalue weighted by Gasteiger charge is -2.23. The van der Waals surface area contributed by atoms with Gasteiger partial charge >= 0.3 is 0 Å². The summed E-state index contributed by atoms with van der Waals surface area (Å²) in [5, 5.41) is 3.42. The van der Waals surface area contributed by atoms with E-state index in [1.165, 1.54) is 0 Å². The van der Waals surface area contributed by atoms with Gasteiger partial charge in [0.1, 0.15) is 0 Å². The topological polar surface area (TPSA) is 55.4 Å². The number of ether oxygens (including phenoxy) is 1. The fraction of sp³-hybridized carbons (Fsp3) is 1.00. The molecular weight excluding hydrogens is 250 g/mol. The molecule has 1 rings (SSSR count). The fourth-order valence-electron chi connectivity index (χ4n) is 2.38. The Labute approximate surface area is 111 Å². The van der Waals surface area contributed by atoms with Crippen molar-refractivity contribution < 1.29 is 13.2 Å². The van der Waals surface area contributed by atoms with Crippen LogP contribution in [0.1, 0.15) is 27.2 Å². The highest BCUT2D eigenvalue weighted by Crippen LogP contribution is 2.26. The largest absolute Gasteiger partial charge is 0.381 e. The first kappa shape index (κ1) is 15.9. The van der Waals surface area contributed by atoms with Gasteiger partial charge in [-0.1, -0.05) is 13.8 Å². The summed E-state index contributed by atoms with van der Waals surface area (Å²) < 4.78 is 28.6. The minimum Gasteiger partial charge on any atom is -0.381 e. The Bertz CT molecular complexity index is 327. The lowest BCUT2D eigenvalue weighted by atomic mass is 9.92. The van der Waals surface area contributed by atoms with Gasteiger partial charge in [-0.2, -0.15) is 0 Å². The zero-order chi connectivity index (χ0) is 13.6. The second-order valence-corrected chi connectivity index (χ2v) is 7.86. The monoisotopic (exact) mass is 277 g/mol. The molecule has 1 heterocycles. The van der Waals surface area contributed by atoms with Crippen LogP contribution in [0.5, 0.6) is 0 Å². The lowest BCUT2D eigenvalue weighted by Crippen LogP contribution is -2.34. The molecule has 18 heavy (non-hydrogen) atoms. The van der Waals surface area contributed by atoms with E-state index in [2.05, 4.69) is 19.2 Å². The molecule has 1 aliphatic rings. The van der Waals surface area contributed by atoms with Crippen molar-refractivity contribution in [2.24, 2.45) is 17.8 Å². The molecule has 0 aromatic rings. The van der Waals surface area contributed by atoms with Gasteiger partial charge in [-0.05, 0) is 37.6 Å². The van der Waals surface area contributed by atoms with Gasteiger partial charge in [-0.25, -0.2) is 8.42 Å². The third-order valence-corrected chi connectivity index (χ3v) is 5.22. The summed E-state index contributed by atoms with van der Waals surface area (Å²) in [5.74, 6) is 1.89. The number of rotatable bonds is 8. The summed E-state index contributed by atoms with van der Waals surface area (Å²) in [6, 6.07) is 0. The van der Waals surface area contributed by atoms with E-state index in [1.807, 2.05) is 6.92 Å². The maximum absolute atomic E-state index is 11.5. The summed E-state index contributed by atoms with van der Waals surface area (Å²) in [7, 11) is -2.79. The van der Waals surface area contributed by atoms with Crippen molar-refractivity contribution in [1.82, 2.24) is 5.32 Å². The Morgan fingerprint density at radius 2 is 2.06 bits per heavy atom. The first-order valence-corrected chi connectivity index (χ1v) is 8.75. The third kappa shape index (κ3) is 5.67. The number of sulfone groups is 1. The van der Waals surface area contributed by atoms with Gasteiger partial charge in [0.2, 0.25) is 0 Å². The molecule has 0 aromatic heterocycles. The highest BCUT2D eigenvalue weighted by molar-refractivity contribution is 7.91. The molecule has 2 unspecified atom stereocenters. The van der Waals surface area contributed by atoms with Crippen molar-refractivity contribution >= 4 is 9.84 Å². The second-order valence-electron chi connectivity index (χ2n) is 5.63. The molecule has 0 aliphatic carbocycles. The molecule has 1 aliphatic heterocycles. The van der Waals surface area contributed by atoms with Crippen molar-refractivity contribution in [2.45, 2.75) is 27.2 Å². The molecule has 5 heteroatoms. The molecule has 0 spiro atoms. The molecule has 1 saturated heterocycles. The summed E-state index contributed by atoms with van der Waals surface area (Å²) in [6.45, 7) is 9.52. The van der Waals surface area contributed by atoms with Crippen LogP contribution in [-0.2, 0) is 14.6 Å². The minimum atomic E-state index is -2.79. The highest BCUT2D eigenvalue weighted by atomic mass is 32.2. The fourth-order valence-corrected chi connectivity index (χ4v) is 4.30. The van der Waals surface area contributed by atoms with Gasteiger partial charge in [0.15, 0.2) is 9.84 Å². The van der Waals surface area contributed by atoms with Crippen LogP contribution in [0.15, 0.2) is 0 Å². The van der Waals surface area contributed by atoms with E-state index >= 15 is 0 Å². The van der Waals surface area contributed by atoms with Crippen LogP contribution in [-0.4, -0.2) is 46.2 Å². The predicted molar refractivity (Wildman–Crippen MR) is 74.5 cm³/mol. The number of hydrogen-bond donors (Lipinski definition) is 1. The zero-order valence-electron chi connectivity index (χ0n) is 11.8. The van der Waals surface area contributed by atoms with Gasteiger partial charge in [0.25, 0.3) is 0 Å². The molecule has 108 valence electrons. The van der Waals surface area contributed by atoms with Gasteiger partial charge in [-0.15, -0.1) is 0 Å². The van der Waals surface area contributed by atoms with E-state index in [0.717, 1.165) is 19.5 Å². The average molecular weight is 277 g/mol. The van der Waals surface area contributed by atoms with Crippen molar-refractivity contribution in [2.75, 3.05) is 37.8 Å². The molecule has 0 aromatic carbocycles. The second kappa shape index (κ2) is 7.46. The predicted octanol–water partition coefficient (Wildman–Crippen LogP) is 1.32. The van der Waals surface area contributed by atoms with Crippen LogP contribution >= 0.6 is 0 Å². The standard InChI is InChI=1S/C13H27NO3S/c1-4-17-9-13(8-14-7-11(2)3)12-5-6-18(15,16)10-12/h11-14H,4-10H2,1-3H3. The summed E-state index contributed by atoms with van der Waals surface area (Å²) in [5.41, 5.74) is 0. The van der Waals surface area contributed by atoms with Crippen molar-refractivity contribution in [3.8, 4) is 0 Å². The first-order chi connectivity index (χ1) is 8.44. The Kier molecular flexibility index (Phi) is 6.60. The molecular formula is C13H27NO3S. The van der Waals surface area contributed by atoms with Gasteiger partial charge in [0.05, 0.1) is 18.1 Å². The van der Waals surface area contributed by atoms with Crippen LogP contribution in [0.25, 0.3) is 0 Å². The molecule has 4 nitrogen and oxygen atoms in total. The number of hydrogen-bond acceptors (Lipinski definition) is 4. The van der Waals surface area contributed by atoms with Crippen LogP contribution in [0, 0.1) is 17.8 Å². The van der Waals surface area contributed by atoms with Gasteiger partial charge in [0, 0.05) is 13.2 Å². The Morgan fingerprint density at radius 3 is 2.56 bits per heavy atom. The zero-order valence-corrected chi connectivity index (χ0v) is 12.6. The maximum Gasteiger partial charge on any atom is 0.150 e. The van der Waals surface area contributed by atoms with Crippen molar-refractivity contribution in [1.29, 1.82) is 0 Å². The summed E-state index contributed by atoms with van der Waals surface area (Å²) >= 11 is 0. The van der Waals surface area contributed by atoms with Crippen LogP contribution in [0.2, 0.25) is 0 Å². The quantitative estimate of drug-likeness (QED) is 0.727. The SMILES string of the molecule is CCOCC(CNCC(C)C)C1CCS(=O)(=O)C1. The molecule has 0 amide bonds. The Balaban J connectivity index is 2.45. The van der Waals surface area contributed by atoms with Gasteiger partial charge in [-0.3, -0.25) is 0 Å². The van der Waals surface area contributed by atoms with Crippen molar-refractivity contribution in [3.05, 3.63) is 0 Å². The number of nitrogens with one attached hydrogen (secondary N) is 1. The van der Waals surface area contributed by atoms with Gasteiger partial charge < -0.3 is 10.1 Å². The van der Waals surface area contributed by atoms with E-state index in [4.69, 9.17) is 4.74 Å². The molecule has 0 saturated carbocycles. The minimum absolute atomic E-state index is 0.265. The molecule has 2 atom stereocenters. The summed E-state index contributed by atoms with van der Waals surface area (Å²) in [6.07, 6.45) is 0.795. The van der Waals surface area contributed by atoms with E-state index in [0.29, 0.717) is 36.6 Å². The Hall–Kier alpha value is -0.130. The van der Waals surface area contributed by atoms with Crippen LogP contribution in [0.4, 0.5) is 0 Å². The van der Waals surface area contributed by atoms with E-state index < -0.39 is 9.84 Å². The molecule has 1 N–H and O–H groups in total. The average Bonchev–Trinajstić information content (AvgIpc) is 2.63. The smallest absolute Gasteiger partial charge is 0.150 e. The van der Waals surface area contributed by atoms with E-state index in [-0.39, 0.29) is 5.92 Å². The Morgan fingerprint density at radius 1 is 1.33 bits per heavy atom. The normalized spacial score (nSPS) is 24.6. The molecule has 0 bridgehead atoms. The first-order valence-electron chi connectivity index (χ1n) is 6.93. The summed E-state index contributed by atoms with van der Waals surface area (Å²) in [4.78, 5) is 0. The highest BCUT2D eigenvalue weighted by Gasteiger charge is 2.33.